The summed E-state index contributed by atoms with van der Waals surface area (Å²) in [6.45, 7) is 8.99. The van der Waals surface area contributed by atoms with Gasteiger partial charge in [0.1, 0.15) is 11.6 Å². The summed E-state index contributed by atoms with van der Waals surface area (Å²) in [5, 5.41) is 15.2. The van der Waals surface area contributed by atoms with Crippen molar-refractivity contribution in [2.45, 2.75) is 39.5 Å². The molecule has 0 saturated carbocycles. The zero-order chi connectivity index (χ0) is 30.4. The molecular weight excluding hydrogens is 538 g/mol. The largest absolute Gasteiger partial charge is 0.507 e. The van der Waals surface area contributed by atoms with Crippen LogP contribution in [0.3, 0.4) is 0 Å². The van der Waals surface area contributed by atoms with Gasteiger partial charge in [-0.15, -0.1) is 0 Å². The zero-order valence-electron chi connectivity index (χ0n) is 25.5. The second-order valence-corrected chi connectivity index (χ2v) is 12.1. The number of phenolic OH excluding ortho intramolecular Hbond substituents is 1. The number of hydrogen-bond donors (Lipinski definition) is 1. The Bertz CT molecular complexity index is 2130. The molecule has 0 aliphatic rings. The summed E-state index contributed by atoms with van der Waals surface area (Å²) in [5.41, 5.74) is 8.20. The minimum absolute atomic E-state index is 0.220. The minimum Gasteiger partial charge on any atom is -0.507 e. The first kappa shape index (κ1) is 27.6. The van der Waals surface area contributed by atoms with Crippen LogP contribution in [0.25, 0.3) is 61.1 Å². The lowest BCUT2D eigenvalue weighted by atomic mass is 9.92. The second kappa shape index (κ2) is 11.1. The quantitative estimate of drug-likeness (QED) is 0.215. The number of nitrogens with zero attached hydrogens (tertiary/aromatic N) is 3. The molecule has 0 saturated heterocycles. The fraction of sp³-hybridized carbons (Fsp3) is 0.150. The lowest BCUT2D eigenvalue weighted by Crippen LogP contribution is -2.07. The first-order chi connectivity index (χ1) is 21.4. The van der Waals surface area contributed by atoms with Crippen molar-refractivity contribution in [2.24, 2.45) is 0 Å². The van der Waals surface area contributed by atoms with Gasteiger partial charge in [-0.05, 0) is 57.3 Å². The van der Waals surface area contributed by atoms with Gasteiger partial charge in [-0.2, -0.15) is 0 Å². The summed E-state index contributed by atoms with van der Waals surface area (Å²) in [5.74, 6) is 1.86. The van der Waals surface area contributed by atoms with E-state index in [2.05, 4.69) is 111 Å². The molecule has 0 spiro atoms. The van der Waals surface area contributed by atoms with Gasteiger partial charge in [0.15, 0.2) is 0 Å². The molecule has 4 heteroatoms. The third-order valence-electron chi connectivity index (χ3n) is 8.52. The maximum Gasteiger partial charge on any atom is 0.144 e. The summed E-state index contributed by atoms with van der Waals surface area (Å²) in [6.07, 6.45) is 3.97. The predicted octanol–water partition coefficient (Wildman–Crippen LogP) is 10.5. The number of imidazole rings is 1. The van der Waals surface area contributed by atoms with E-state index >= 15 is 0 Å². The van der Waals surface area contributed by atoms with Crippen LogP contribution in [0, 0.1) is 0 Å². The van der Waals surface area contributed by atoms with Gasteiger partial charge < -0.3 is 5.11 Å². The van der Waals surface area contributed by atoms with E-state index in [9.17, 15) is 5.11 Å². The molecule has 0 radical (unpaired) electrons. The van der Waals surface area contributed by atoms with Gasteiger partial charge in [0.25, 0.3) is 0 Å². The number of aromatic hydroxyl groups is 1. The molecule has 216 valence electrons. The van der Waals surface area contributed by atoms with Gasteiger partial charge in [-0.1, -0.05) is 119 Å². The Kier molecular flexibility index (Phi) is 6.98. The Labute approximate surface area is 258 Å². The average molecular weight is 574 g/mol. The van der Waals surface area contributed by atoms with Crippen molar-refractivity contribution in [2.75, 3.05) is 0 Å². The highest BCUT2D eigenvalue weighted by Crippen LogP contribution is 2.40. The average Bonchev–Trinajstić information content (AvgIpc) is 3.53. The summed E-state index contributed by atoms with van der Waals surface area (Å²) in [6, 6.07) is 37.4. The van der Waals surface area contributed by atoms with Crippen LogP contribution in [0.15, 0.2) is 122 Å². The number of hydrogen-bond acceptors (Lipinski definition) is 3. The molecule has 44 heavy (non-hydrogen) atoms. The number of para-hydroxylation sites is 1. The van der Waals surface area contributed by atoms with E-state index in [1.807, 2.05) is 36.5 Å². The van der Waals surface area contributed by atoms with E-state index < -0.39 is 0 Å². The fourth-order valence-corrected chi connectivity index (χ4v) is 6.37. The maximum absolute atomic E-state index is 11.1. The van der Waals surface area contributed by atoms with E-state index in [1.54, 1.807) is 6.07 Å². The second-order valence-electron chi connectivity index (χ2n) is 12.1. The van der Waals surface area contributed by atoms with Crippen molar-refractivity contribution in [1.29, 1.82) is 0 Å². The van der Waals surface area contributed by atoms with Crippen molar-refractivity contribution in [1.82, 2.24) is 14.5 Å². The van der Waals surface area contributed by atoms with Crippen molar-refractivity contribution in [3.05, 3.63) is 133 Å². The van der Waals surface area contributed by atoms with Crippen molar-refractivity contribution >= 4 is 21.5 Å². The number of benzene rings is 5. The molecule has 0 aliphatic carbocycles. The first-order valence-electron chi connectivity index (χ1n) is 15.3. The molecule has 1 N–H and O–H groups in total. The molecule has 5 aromatic carbocycles. The lowest BCUT2D eigenvalue weighted by Gasteiger charge is -2.22. The van der Waals surface area contributed by atoms with Gasteiger partial charge in [0.2, 0.25) is 0 Å². The highest BCUT2D eigenvalue weighted by atomic mass is 16.3. The highest BCUT2D eigenvalue weighted by molar-refractivity contribution is 6.03. The zero-order valence-corrected chi connectivity index (χ0v) is 25.5. The Morgan fingerprint density at radius 2 is 1.30 bits per heavy atom. The van der Waals surface area contributed by atoms with E-state index in [0.717, 1.165) is 55.4 Å². The Morgan fingerprint density at radius 1 is 0.636 bits per heavy atom. The molecule has 0 aliphatic heterocycles. The molecule has 0 unspecified atom stereocenters. The van der Waals surface area contributed by atoms with E-state index in [-0.39, 0.29) is 5.75 Å². The third kappa shape index (κ3) is 4.73. The summed E-state index contributed by atoms with van der Waals surface area (Å²) in [7, 11) is 0. The standard InChI is InChI=1S/C40H35N3O/c1-25(2)31-17-10-18-32(26(3)4)39(31)43-22-21-41-40(43)30-14-9-13-29(23-30)38-34-16-8-6-12-28(34)24-35(42-38)37-33-15-7-5-11-27(33)19-20-36(37)44/h5-26,44H,1-4H3. The Hall–Kier alpha value is -5.22. The predicted molar refractivity (Wildman–Crippen MR) is 183 cm³/mol. The minimum atomic E-state index is 0.220. The molecule has 0 fully saturated rings. The van der Waals surface area contributed by atoms with Gasteiger partial charge in [-0.3, -0.25) is 4.57 Å². The molecule has 2 heterocycles. The monoisotopic (exact) mass is 573 g/mol. The van der Waals surface area contributed by atoms with Crippen LogP contribution < -0.4 is 0 Å². The SMILES string of the molecule is CC(C)c1cccc(C(C)C)c1-n1ccnc1-c1cccc(-c2nc(-c3c(O)ccc4ccccc34)cc3ccccc23)c1. The van der Waals surface area contributed by atoms with Crippen LogP contribution in [0.5, 0.6) is 5.75 Å². The lowest BCUT2D eigenvalue weighted by molar-refractivity contribution is 0.478. The number of phenols is 1. The van der Waals surface area contributed by atoms with Gasteiger partial charge in [0.05, 0.1) is 17.1 Å². The molecule has 2 aromatic heterocycles. The third-order valence-corrected chi connectivity index (χ3v) is 8.52. The molecule has 0 amide bonds. The summed E-state index contributed by atoms with van der Waals surface area (Å²) < 4.78 is 2.25. The van der Waals surface area contributed by atoms with Crippen LogP contribution in [-0.2, 0) is 0 Å². The van der Waals surface area contributed by atoms with Crippen molar-refractivity contribution in [3.63, 3.8) is 0 Å². The molecule has 7 rings (SSSR count). The summed E-state index contributed by atoms with van der Waals surface area (Å²) >= 11 is 0. The number of rotatable bonds is 6. The van der Waals surface area contributed by atoms with Crippen LogP contribution in [0.1, 0.15) is 50.7 Å². The fourth-order valence-electron chi connectivity index (χ4n) is 6.37. The Morgan fingerprint density at radius 3 is 2.05 bits per heavy atom. The maximum atomic E-state index is 11.1. The molecular formula is C40H35N3O. The van der Waals surface area contributed by atoms with Gasteiger partial charge in [0, 0.05) is 34.5 Å². The molecule has 0 atom stereocenters. The summed E-state index contributed by atoms with van der Waals surface area (Å²) in [4.78, 5) is 10.1. The van der Waals surface area contributed by atoms with Crippen LogP contribution in [0.4, 0.5) is 0 Å². The molecule has 0 bridgehead atoms. The molecule has 7 aromatic rings. The van der Waals surface area contributed by atoms with Gasteiger partial charge >= 0.3 is 0 Å². The van der Waals surface area contributed by atoms with E-state index in [1.165, 1.54) is 16.8 Å². The van der Waals surface area contributed by atoms with E-state index in [4.69, 9.17) is 9.97 Å². The normalized spacial score (nSPS) is 11.7. The highest BCUT2D eigenvalue weighted by Gasteiger charge is 2.20. The first-order valence-corrected chi connectivity index (χ1v) is 15.3. The number of aromatic nitrogens is 3. The van der Waals surface area contributed by atoms with Crippen LogP contribution in [-0.4, -0.2) is 19.6 Å². The Balaban J connectivity index is 1.43. The van der Waals surface area contributed by atoms with Crippen molar-refractivity contribution < 1.29 is 5.11 Å². The van der Waals surface area contributed by atoms with Crippen molar-refractivity contribution in [3.8, 4) is 45.3 Å². The van der Waals surface area contributed by atoms with Crippen LogP contribution in [0.2, 0.25) is 0 Å². The topological polar surface area (TPSA) is 50.9 Å². The smallest absolute Gasteiger partial charge is 0.144 e. The number of fused-ring (bicyclic) bond motifs is 2. The number of pyridine rings is 1. The van der Waals surface area contributed by atoms with Crippen LogP contribution >= 0.6 is 0 Å². The van der Waals surface area contributed by atoms with Gasteiger partial charge in [-0.25, -0.2) is 9.97 Å². The van der Waals surface area contributed by atoms with E-state index in [0.29, 0.717) is 11.8 Å². The molecule has 4 nitrogen and oxygen atoms in total.